The van der Waals surface area contributed by atoms with Gasteiger partial charge in [-0.05, 0) is 0 Å². The summed E-state index contributed by atoms with van der Waals surface area (Å²) < 4.78 is 31.7. The quantitative estimate of drug-likeness (QED) is 0.103. The molecule has 12 heteroatoms. The van der Waals surface area contributed by atoms with Gasteiger partial charge in [-0.3, -0.25) is 16.2 Å². The molecule has 0 unspecified atom stereocenters. The Morgan fingerprint density at radius 1 is 1.19 bits per heavy atom. The van der Waals surface area contributed by atoms with Crippen molar-refractivity contribution < 1.29 is 23.1 Å². The van der Waals surface area contributed by atoms with Crippen molar-refractivity contribution in [3.63, 3.8) is 0 Å². The minimum absolute atomic E-state index is 0.218. The summed E-state index contributed by atoms with van der Waals surface area (Å²) in [5, 5.41) is 19.5. The van der Waals surface area contributed by atoms with Crippen molar-refractivity contribution >= 4 is 17.9 Å². The summed E-state index contributed by atoms with van der Waals surface area (Å²) >= 11 is 0. The van der Waals surface area contributed by atoms with E-state index in [1.807, 2.05) is 5.43 Å². The van der Waals surface area contributed by atoms with E-state index in [9.17, 15) is 13.2 Å². The van der Waals surface area contributed by atoms with Gasteiger partial charge in [-0.25, -0.2) is 10.6 Å². The largest absolute Gasteiger partial charge is 0.490 e. The number of carbonyl (C=O) groups is 1. The highest BCUT2D eigenvalue weighted by Crippen LogP contribution is 2.13. The van der Waals surface area contributed by atoms with Gasteiger partial charge in [0.1, 0.15) is 0 Å². The van der Waals surface area contributed by atoms with Crippen LogP contribution in [0.5, 0.6) is 0 Å². The number of nitrogens with one attached hydrogen (secondary N) is 3. The summed E-state index contributed by atoms with van der Waals surface area (Å²) in [6, 6.07) is 0. The van der Waals surface area contributed by atoms with E-state index >= 15 is 0 Å². The zero-order valence-corrected chi connectivity index (χ0v) is 7.80. The van der Waals surface area contributed by atoms with Crippen LogP contribution in [0.1, 0.15) is 0 Å². The smallest absolute Gasteiger partial charge is 0.475 e. The molecule has 0 aromatic heterocycles. The molecular formula is C4H12F3N7O2. The molecule has 96 valence electrons. The maximum atomic E-state index is 10.6. The normalized spacial score (nSPS) is 8.50. The van der Waals surface area contributed by atoms with Crippen LogP contribution in [0.3, 0.4) is 0 Å². The number of halogens is 3. The van der Waals surface area contributed by atoms with E-state index in [0.717, 1.165) is 0 Å². The Balaban J connectivity index is -0.000000166. The van der Waals surface area contributed by atoms with Crippen LogP contribution in [0.2, 0.25) is 0 Å². The van der Waals surface area contributed by atoms with Gasteiger partial charge in [0.15, 0.2) is 11.9 Å². The van der Waals surface area contributed by atoms with Gasteiger partial charge in [0.2, 0.25) is 0 Å². The average molecular weight is 247 g/mol. The Kier molecular flexibility index (Phi) is 11.3. The van der Waals surface area contributed by atoms with E-state index in [1.54, 1.807) is 0 Å². The first-order valence-corrected chi connectivity index (χ1v) is 3.15. The number of carboxylic acids is 1. The standard InChI is InChI=1S/C2HF3O2.CH6N4.CH5N3/c3-2(4,5)1(6)7;2-1(3)5-4;2-1(3)4/h(H,6,7);4H2,(H4,2,3,5);(H5,2,3,4). The fourth-order valence-corrected chi connectivity index (χ4v) is 0. The van der Waals surface area contributed by atoms with Gasteiger partial charge in [0.05, 0.1) is 0 Å². The number of alkyl halides is 3. The highest BCUT2D eigenvalue weighted by Gasteiger charge is 2.38. The molecule has 0 rings (SSSR count). The van der Waals surface area contributed by atoms with Crippen LogP contribution in [0.4, 0.5) is 13.2 Å². The molecule has 0 aromatic carbocycles. The van der Waals surface area contributed by atoms with Crippen molar-refractivity contribution in [1.29, 1.82) is 10.8 Å². The van der Waals surface area contributed by atoms with Gasteiger partial charge in [-0.2, -0.15) is 13.2 Å². The van der Waals surface area contributed by atoms with E-state index < -0.39 is 12.1 Å². The molecule has 0 radical (unpaired) electrons. The SMILES string of the molecule is N=C(N)N.N=C(N)NN.O=C(O)C(F)(F)F. The minimum atomic E-state index is -5.08. The summed E-state index contributed by atoms with van der Waals surface area (Å²) in [4.78, 5) is 8.90. The molecule has 0 atom stereocenters. The maximum absolute atomic E-state index is 10.6. The lowest BCUT2D eigenvalue weighted by Crippen LogP contribution is -2.35. The molecule has 0 aliphatic rings. The molecular weight excluding hydrogens is 235 g/mol. The fourth-order valence-electron chi connectivity index (χ4n) is 0. The van der Waals surface area contributed by atoms with Gasteiger partial charge in [0, 0.05) is 0 Å². The van der Waals surface area contributed by atoms with Gasteiger partial charge in [0.25, 0.3) is 0 Å². The van der Waals surface area contributed by atoms with Crippen molar-refractivity contribution in [3.8, 4) is 0 Å². The van der Waals surface area contributed by atoms with Crippen LogP contribution in [-0.4, -0.2) is 29.2 Å². The van der Waals surface area contributed by atoms with Crippen LogP contribution in [0, 0.1) is 10.8 Å². The molecule has 9 nitrogen and oxygen atoms in total. The van der Waals surface area contributed by atoms with E-state index in [1.165, 1.54) is 0 Å². The van der Waals surface area contributed by atoms with Crippen LogP contribution in [-0.2, 0) is 4.79 Å². The molecule has 12 N–H and O–H groups in total. The Labute approximate surface area is 87.5 Å². The van der Waals surface area contributed by atoms with E-state index in [0.29, 0.717) is 0 Å². The monoisotopic (exact) mass is 247 g/mol. The van der Waals surface area contributed by atoms with Crippen molar-refractivity contribution in [1.82, 2.24) is 5.43 Å². The highest BCUT2D eigenvalue weighted by molar-refractivity contribution is 5.73. The lowest BCUT2D eigenvalue weighted by molar-refractivity contribution is -0.192. The van der Waals surface area contributed by atoms with Gasteiger partial charge < -0.3 is 22.3 Å². The van der Waals surface area contributed by atoms with Crippen LogP contribution < -0.4 is 28.5 Å². The van der Waals surface area contributed by atoms with Gasteiger partial charge in [-0.1, -0.05) is 0 Å². The molecule has 0 aliphatic heterocycles. The van der Waals surface area contributed by atoms with E-state index in [2.05, 4.69) is 23.0 Å². The molecule has 0 saturated carbocycles. The summed E-state index contributed by atoms with van der Waals surface area (Å²) in [7, 11) is 0. The van der Waals surface area contributed by atoms with Crippen molar-refractivity contribution in [2.24, 2.45) is 23.0 Å². The second-order valence-electron chi connectivity index (χ2n) is 1.82. The molecule has 0 amide bonds. The summed E-state index contributed by atoms with van der Waals surface area (Å²) in [5.41, 5.74) is 15.5. The van der Waals surface area contributed by atoms with Crippen LogP contribution in [0.25, 0.3) is 0 Å². The second kappa shape index (κ2) is 9.32. The number of carboxylic acid groups (broad SMARTS) is 1. The van der Waals surface area contributed by atoms with Crippen LogP contribution in [0.15, 0.2) is 0 Å². The Bertz CT molecular complexity index is 236. The van der Waals surface area contributed by atoms with Gasteiger partial charge in [-0.15, -0.1) is 0 Å². The fraction of sp³-hybridized carbons (Fsp3) is 0.250. The summed E-state index contributed by atoms with van der Waals surface area (Å²) in [5.74, 6) is 1.26. The summed E-state index contributed by atoms with van der Waals surface area (Å²) in [6.45, 7) is 0. The lowest BCUT2D eigenvalue weighted by Gasteiger charge is -1.93. The van der Waals surface area contributed by atoms with Crippen molar-refractivity contribution in [3.05, 3.63) is 0 Å². The molecule has 0 aromatic rings. The van der Waals surface area contributed by atoms with Crippen molar-refractivity contribution in [2.45, 2.75) is 6.18 Å². The number of rotatable bonds is 0. The Hall–Kier alpha value is -2.24. The number of nitrogens with two attached hydrogens (primary N) is 4. The molecule has 0 heterocycles. The first kappa shape index (κ1) is 19.4. The molecule has 0 spiro atoms. The minimum Gasteiger partial charge on any atom is -0.475 e. The third-order valence-electron chi connectivity index (χ3n) is 0.398. The summed E-state index contributed by atoms with van der Waals surface area (Å²) in [6.07, 6.45) is -5.08. The highest BCUT2D eigenvalue weighted by atomic mass is 19.4. The zero-order valence-electron chi connectivity index (χ0n) is 7.80. The predicted molar refractivity (Wildman–Crippen MR) is 49.0 cm³/mol. The van der Waals surface area contributed by atoms with Crippen LogP contribution >= 0.6 is 0 Å². The molecule has 0 bridgehead atoms. The van der Waals surface area contributed by atoms with E-state index in [4.69, 9.17) is 20.7 Å². The third kappa shape index (κ3) is 41.0. The molecule has 0 saturated heterocycles. The molecule has 0 aliphatic carbocycles. The number of aliphatic carboxylic acids is 1. The first-order chi connectivity index (χ1) is 6.95. The number of hydrazine groups is 1. The predicted octanol–water partition coefficient (Wildman–Crippen LogP) is -2.18. The second-order valence-corrected chi connectivity index (χ2v) is 1.82. The zero-order chi connectivity index (χ0) is 13.9. The lowest BCUT2D eigenvalue weighted by atomic mass is 10.7. The Morgan fingerprint density at radius 2 is 1.31 bits per heavy atom. The third-order valence-corrected chi connectivity index (χ3v) is 0.398. The Morgan fingerprint density at radius 3 is 1.31 bits per heavy atom. The molecule has 16 heavy (non-hydrogen) atoms. The van der Waals surface area contributed by atoms with Crippen molar-refractivity contribution in [2.75, 3.05) is 0 Å². The first-order valence-electron chi connectivity index (χ1n) is 3.15. The van der Waals surface area contributed by atoms with E-state index in [-0.39, 0.29) is 11.9 Å². The topological polar surface area (TPSA) is 201 Å². The number of guanidine groups is 2. The molecule has 0 fully saturated rings. The van der Waals surface area contributed by atoms with Gasteiger partial charge >= 0.3 is 12.1 Å². The number of hydrogen-bond donors (Lipinski definition) is 8. The number of hydrogen-bond acceptors (Lipinski definition) is 4. The average Bonchev–Trinajstić information content (AvgIpc) is 2.02. The maximum Gasteiger partial charge on any atom is 0.490 e.